The highest BCUT2D eigenvalue weighted by atomic mass is 32.2. The van der Waals surface area contributed by atoms with Gasteiger partial charge in [0.15, 0.2) is 15.9 Å². The number of carbonyl (C=O) groups is 3. The van der Waals surface area contributed by atoms with E-state index in [0.717, 1.165) is 0 Å². The van der Waals surface area contributed by atoms with Crippen LogP contribution in [0.3, 0.4) is 0 Å². The Balaban J connectivity index is 1.94. The molecular weight excluding hydrogens is 398 g/mol. The maximum atomic E-state index is 12.6. The van der Waals surface area contributed by atoms with Crippen molar-refractivity contribution in [1.29, 1.82) is 0 Å². The lowest BCUT2D eigenvalue weighted by atomic mass is 10.1. The number of sulfone groups is 1. The largest absolute Gasteiger partial charge is 0.465 e. The molecule has 1 aliphatic rings. The summed E-state index contributed by atoms with van der Waals surface area (Å²) in [5, 5.41) is 0. The van der Waals surface area contributed by atoms with Crippen molar-refractivity contribution in [3.63, 3.8) is 0 Å². The van der Waals surface area contributed by atoms with Crippen LogP contribution in [0.25, 0.3) is 6.08 Å². The standard InChI is InChI=1S/C20H25NO7S/c1-4-21(17-11-12-29(25,26)13-17)19(23)14(2)28-18(22)10-7-15-5-8-16(9-6-15)20(24)27-3/h5-10,14,17H,4,11-13H2,1-3H3/b10-7+/t14-,17+/m1/s1. The summed E-state index contributed by atoms with van der Waals surface area (Å²) in [5.74, 6) is -1.57. The molecule has 2 atom stereocenters. The van der Waals surface area contributed by atoms with Crippen LogP contribution < -0.4 is 0 Å². The minimum Gasteiger partial charge on any atom is -0.465 e. The Hall–Kier alpha value is -2.68. The lowest BCUT2D eigenvalue weighted by molar-refractivity contribution is -0.156. The molecule has 1 amide bonds. The summed E-state index contributed by atoms with van der Waals surface area (Å²) in [6, 6.07) is 6.03. The Labute approximate surface area is 170 Å². The van der Waals surface area contributed by atoms with Crippen molar-refractivity contribution in [2.45, 2.75) is 32.4 Å². The van der Waals surface area contributed by atoms with Gasteiger partial charge in [0.25, 0.3) is 5.91 Å². The molecule has 0 N–H and O–H groups in total. The zero-order valence-corrected chi connectivity index (χ0v) is 17.5. The molecule has 1 aliphatic heterocycles. The van der Waals surface area contributed by atoms with E-state index in [0.29, 0.717) is 24.1 Å². The zero-order valence-electron chi connectivity index (χ0n) is 16.7. The van der Waals surface area contributed by atoms with Crippen molar-refractivity contribution in [1.82, 2.24) is 4.90 Å². The lowest BCUT2D eigenvalue weighted by Crippen LogP contribution is -2.46. The second kappa shape index (κ2) is 9.69. The van der Waals surface area contributed by atoms with Crippen LogP contribution in [-0.2, 0) is 28.9 Å². The van der Waals surface area contributed by atoms with E-state index in [2.05, 4.69) is 4.74 Å². The highest BCUT2D eigenvalue weighted by molar-refractivity contribution is 7.91. The maximum Gasteiger partial charge on any atom is 0.337 e. The molecule has 1 aromatic carbocycles. The SMILES string of the molecule is CCN(C(=O)[C@@H](C)OC(=O)/C=C/c1ccc(C(=O)OC)cc1)[C@H]1CCS(=O)(=O)C1. The summed E-state index contributed by atoms with van der Waals surface area (Å²) in [6.45, 7) is 3.56. The van der Waals surface area contributed by atoms with Gasteiger partial charge in [0.1, 0.15) is 0 Å². The van der Waals surface area contributed by atoms with Gasteiger partial charge in [0, 0.05) is 18.7 Å². The predicted octanol–water partition coefficient (Wildman–Crippen LogP) is 1.45. The van der Waals surface area contributed by atoms with Gasteiger partial charge in [0.2, 0.25) is 0 Å². The molecule has 1 heterocycles. The third kappa shape index (κ3) is 6.15. The molecule has 9 heteroatoms. The lowest BCUT2D eigenvalue weighted by Gasteiger charge is -2.29. The van der Waals surface area contributed by atoms with E-state index in [4.69, 9.17) is 4.74 Å². The average Bonchev–Trinajstić information content (AvgIpc) is 3.05. The van der Waals surface area contributed by atoms with Crippen LogP contribution in [0.5, 0.6) is 0 Å². The van der Waals surface area contributed by atoms with E-state index in [1.165, 1.54) is 31.1 Å². The first-order chi connectivity index (χ1) is 13.7. The van der Waals surface area contributed by atoms with E-state index in [9.17, 15) is 22.8 Å². The van der Waals surface area contributed by atoms with Gasteiger partial charge in [0.05, 0.1) is 24.2 Å². The van der Waals surface area contributed by atoms with Gasteiger partial charge in [-0.25, -0.2) is 18.0 Å². The molecular formula is C20H25NO7S. The number of benzene rings is 1. The van der Waals surface area contributed by atoms with Crippen molar-refractivity contribution in [3.05, 3.63) is 41.5 Å². The Kier molecular flexibility index (Phi) is 7.55. The summed E-state index contributed by atoms with van der Waals surface area (Å²) < 4.78 is 33.1. The number of rotatable bonds is 7. The Morgan fingerprint density at radius 1 is 1.24 bits per heavy atom. The van der Waals surface area contributed by atoms with Crippen molar-refractivity contribution in [3.8, 4) is 0 Å². The minimum atomic E-state index is -3.12. The number of hydrogen-bond acceptors (Lipinski definition) is 7. The van der Waals surface area contributed by atoms with E-state index >= 15 is 0 Å². The number of hydrogen-bond donors (Lipinski definition) is 0. The van der Waals surface area contributed by atoms with Gasteiger partial charge in [-0.05, 0) is 44.0 Å². The number of nitrogens with zero attached hydrogens (tertiary/aromatic N) is 1. The Morgan fingerprint density at radius 3 is 2.41 bits per heavy atom. The monoisotopic (exact) mass is 423 g/mol. The van der Waals surface area contributed by atoms with E-state index in [-0.39, 0.29) is 17.5 Å². The summed E-state index contributed by atoms with van der Waals surface area (Å²) in [6.07, 6.45) is 2.05. The molecule has 1 aromatic rings. The normalized spacial score (nSPS) is 18.9. The summed E-state index contributed by atoms with van der Waals surface area (Å²) >= 11 is 0. The van der Waals surface area contributed by atoms with Gasteiger partial charge in [-0.1, -0.05) is 12.1 Å². The van der Waals surface area contributed by atoms with Crippen molar-refractivity contribution in [2.75, 3.05) is 25.2 Å². The number of likely N-dealkylation sites (N-methyl/N-ethyl adjacent to an activating group) is 1. The fourth-order valence-electron chi connectivity index (χ4n) is 3.13. The number of carbonyl (C=O) groups excluding carboxylic acids is 3. The molecule has 158 valence electrons. The van der Waals surface area contributed by atoms with Crippen LogP contribution in [0.2, 0.25) is 0 Å². The van der Waals surface area contributed by atoms with Gasteiger partial charge in [-0.15, -0.1) is 0 Å². The van der Waals surface area contributed by atoms with Crippen molar-refractivity contribution in [2.24, 2.45) is 0 Å². The van der Waals surface area contributed by atoms with E-state index in [1.54, 1.807) is 31.2 Å². The number of amides is 1. The highest BCUT2D eigenvalue weighted by Gasteiger charge is 2.36. The van der Waals surface area contributed by atoms with Gasteiger partial charge in [-0.3, -0.25) is 4.79 Å². The van der Waals surface area contributed by atoms with E-state index < -0.39 is 33.8 Å². The van der Waals surface area contributed by atoms with Crippen LogP contribution in [0.4, 0.5) is 0 Å². The first-order valence-corrected chi connectivity index (χ1v) is 11.1. The first-order valence-electron chi connectivity index (χ1n) is 9.24. The quantitative estimate of drug-likeness (QED) is 0.483. The third-order valence-electron chi connectivity index (χ3n) is 4.66. The number of ether oxygens (including phenoxy) is 2. The molecule has 0 aromatic heterocycles. The Morgan fingerprint density at radius 2 is 1.90 bits per heavy atom. The van der Waals surface area contributed by atoms with Crippen LogP contribution in [-0.4, -0.2) is 68.5 Å². The second-order valence-corrected chi connectivity index (χ2v) is 8.94. The van der Waals surface area contributed by atoms with Crippen molar-refractivity contribution < 1.29 is 32.3 Å². The molecule has 29 heavy (non-hydrogen) atoms. The minimum absolute atomic E-state index is 0.0608. The van der Waals surface area contributed by atoms with Gasteiger partial charge in [-0.2, -0.15) is 0 Å². The molecule has 0 unspecified atom stereocenters. The molecule has 0 radical (unpaired) electrons. The van der Waals surface area contributed by atoms with Crippen LogP contribution in [0.1, 0.15) is 36.2 Å². The second-order valence-electron chi connectivity index (χ2n) is 6.71. The topological polar surface area (TPSA) is 107 Å². The smallest absolute Gasteiger partial charge is 0.337 e. The fourth-order valence-corrected chi connectivity index (χ4v) is 4.86. The molecule has 0 spiro atoms. The average molecular weight is 423 g/mol. The number of methoxy groups -OCH3 is 1. The molecule has 1 saturated heterocycles. The van der Waals surface area contributed by atoms with Crippen LogP contribution >= 0.6 is 0 Å². The maximum absolute atomic E-state index is 12.6. The highest BCUT2D eigenvalue weighted by Crippen LogP contribution is 2.19. The molecule has 0 saturated carbocycles. The van der Waals surface area contributed by atoms with Crippen molar-refractivity contribution >= 4 is 33.8 Å². The predicted molar refractivity (Wildman–Crippen MR) is 107 cm³/mol. The summed E-state index contributed by atoms with van der Waals surface area (Å²) in [5.41, 5.74) is 1.06. The Bertz CT molecular complexity index is 890. The summed E-state index contributed by atoms with van der Waals surface area (Å²) in [7, 11) is -1.83. The molecule has 1 fully saturated rings. The first kappa shape index (κ1) is 22.6. The van der Waals surface area contributed by atoms with Gasteiger partial charge >= 0.3 is 11.9 Å². The molecule has 0 bridgehead atoms. The molecule has 8 nitrogen and oxygen atoms in total. The third-order valence-corrected chi connectivity index (χ3v) is 6.41. The van der Waals surface area contributed by atoms with Gasteiger partial charge < -0.3 is 14.4 Å². The molecule has 0 aliphatic carbocycles. The van der Waals surface area contributed by atoms with Crippen LogP contribution in [0.15, 0.2) is 30.3 Å². The number of esters is 2. The fraction of sp³-hybridized carbons (Fsp3) is 0.450. The van der Waals surface area contributed by atoms with Crippen LogP contribution in [0, 0.1) is 0 Å². The molecule has 2 rings (SSSR count). The summed E-state index contributed by atoms with van der Waals surface area (Å²) in [4.78, 5) is 37.5. The van der Waals surface area contributed by atoms with E-state index in [1.807, 2.05) is 0 Å². The zero-order chi connectivity index (χ0) is 21.6.